The molecule has 1 aromatic carbocycles. The number of piperazine rings is 1. The minimum Gasteiger partial charge on any atom is -0.369 e. The van der Waals surface area contributed by atoms with Crippen LogP contribution in [0.15, 0.2) is 42.9 Å². The maximum atomic E-state index is 12.5. The van der Waals surface area contributed by atoms with Gasteiger partial charge in [-0.2, -0.15) is 5.10 Å². The summed E-state index contributed by atoms with van der Waals surface area (Å²) in [4.78, 5) is 12.3. The van der Waals surface area contributed by atoms with Crippen molar-refractivity contribution in [3.05, 3.63) is 42.9 Å². The van der Waals surface area contributed by atoms with Crippen LogP contribution in [0.5, 0.6) is 0 Å². The van der Waals surface area contributed by atoms with Gasteiger partial charge in [0.1, 0.15) is 7.14 Å². The molecule has 0 N–H and O–H groups in total. The van der Waals surface area contributed by atoms with Gasteiger partial charge in [0.15, 0.2) is 5.65 Å². The number of benzene rings is 1. The van der Waals surface area contributed by atoms with Crippen molar-refractivity contribution >= 4 is 23.8 Å². The standard InChI is InChI=1S/C24H33N6OP/c1-27-11-13-29(14-12-27)20-7-9-28(10-8-20)21-16-25-24-23(17-26-30(24)18-21)19-5-4-6-22(15-19)32(2,3)31/h4-6,15-18,20H,7-14H2,1-3H3. The summed E-state index contributed by atoms with van der Waals surface area (Å²) in [5, 5.41) is 5.47. The lowest BCUT2D eigenvalue weighted by Crippen LogP contribution is -2.52. The van der Waals surface area contributed by atoms with E-state index in [2.05, 4.69) is 33.0 Å². The van der Waals surface area contributed by atoms with E-state index >= 15 is 0 Å². The van der Waals surface area contributed by atoms with Crippen LogP contribution in [0.3, 0.4) is 0 Å². The molecule has 170 valence electrons. The van der Waals surface area contributed by atoms with Crippen molar-refractivity contribution < 1.29 is 4.57 Å². The maximum Gasteiger partial charge on any atom is 0.162 e. The second kappa shape index (κ2) is 8.62. The fourth-order valence-electron chi connectivity index (χ4n) is 4.92. The topological polar surface area (TPSA) is 57.0 Å². The molecule has 0 spiro atoms. The van der Waals surface area contributed by atoms with Gasteiger partial charge in [0.05, 0.1) is 24.3 Å². The number of nitrogens with zero attached hydrogens (tertiary/aromatic N) is 6. The Morgan fingerprint density at radius 1 is 1.00 bits per heavy atom. The molecule has 0 atom stereocenters. The lowest BCUT2D eigenvalue weighted by molar-refractivity contribution is 0.0982. The molecular formula is C24H33N6OP. The van der Waals surface area contributed by atoms with E-state index in [0.717, 1.165) is 40.9 Å². The van der Waals surface area contributed by atoms with E-state index < -0.39 is 7.14 Å². The summed E-state index contributed by atoms with van der Waals surface area (Å²) in [5.41, 5.74) is 3.94. The minimum atomic E-state index is -2.31. The molecule has 8 heteroatoms. The van der Waals surface area contributed by atoms with Crippen LogP contribution in [-0.2, 0) is 4.57 Å². The normalized spacial score (nSPS) is 19.7. The van der Waals surface area contributed by atoms with E-state index in [1.165, 1.54) is 39.0 Å². The summed E-state index contributed by atoms with van der Waals surface area (Å²) in [7, 11) is -0.0976. The number of anilines is 1. The molecule has 5 rings (SSSR count). The quantitative estimate of drug-likeness (QED) is 0.568. The highest BCUT2D eigenvalue weighted by molar-refractivity contribution is 7.70. The molecular weight excluding hydrogens is 419 g/mol. The summed E-state index contributed by atoms with van der Waals surface area (Å²) < 4.78 is 14.4. The molecule has 2 saturated heterocycles. The Labute approximate surface area is 190 Å². The lowest BCUT2D eigenvalue weighted by atomic mass is 10.0. The van der Waals surface area contributed by atoms with Gasteiger partial charge in [-0.1, -0.05) is 18.2 Å². The number of piperidine rings is 1. The van der Waals surface area contributed by atoms with E-state index in [0.29, 0.717) is 6.04 Å². The smallest absolute Gasteiger partial charge is 0.162 e. The minimum absolute atomic E-state index is 0.702. The van der Waals surface area contributed by atoms with Crippen molar-refractivity contribution in [2.75, 3.05) is 64.5 Å². The molecule has 0 aliphatic carbocycles. The molecule has 0 saturated carbocycles. The molecule has 0 bridgehead atoms. The molecule has 7 nitrogen and oxygen atoms in total. The predicted octanol–water partition coefficient (Wildman–Crippen LogP) is 2.86. The average molecular weight is 453 g/mol. The van der Waals surface area contributed by atoms with Gasteiger partial charge in [-0.3, -0.25) is 4.90 Å². The Morgan fingerprint density at radius 2 is 1.75 bits per heavy atom. The van der Waals surface area contributed by atoms with E-state index in [9.17, 15) is 4.57 Å². The molecule has 2 aromatic heterocycles. The zero-order valence-corrected chi connectivity index (χ0v) is 20.2. The number of likely N-dealkylation sites (N-methyl/N-ethyl adjacent to an activating group) is 1. The molecule has 32 heavy (non-hydrogen) atoms. The van der Waals surface area contributed by atoms with Gasteiger partial charge >= 0.3 is 0 Å². The highest BCUT2D eigenvalue weighted by Crippen LogP contribution is 2.36. The van der Waals surface area contributed by atoms with Crippen molar-refractivity contribution in [3.8, 4) is 11.1 Å². The Hall–Kier alpha value is -2.21. The molecule has 2 aliphatic rings. The Balaban J connectivity index is 1.31. The number of aromatic nitrogens is 3. The number of hydrogen-bond acceptors (Lipinski definition) is 6. The average Bonchev–Trinajstić information content (AvgIpc) is 3.23. The first kappa shape index (κ1) is 21.6. The molecule has 4 heterocycles. The van der Waals surface area contributed by atoms with E-state index in [4.69, 9.17) is 4.98 Å². The van der Waals surface area contributed by atoms with Gasteiger partial charge in [0.25, 0.3) is 0 Å². The highest BCUT2D eigenvalue weighted by atomic mass is 31.2. The second-order valence-corrected chi connectivity index (χ2v) is 12.8. The van der Waals surface area contributed by atoms with Crippen molar-refractivity contribution in [1.82, 2.24) is 24.4 Å². The third-order valence-corrected chi connectivity index (χ3v) is 8.53. The van der Waals surface area contributed by atoms with Gasteiger partial charge in [0.2, 0.25) is 0 Å². The van der Waals surface area contributed by atoms with Gasteiger partial charge in [-0.15, -0.1) is 0 Å². The summed E-state index contributed by atoms with van der Waals surface area (Å²) in [6, 6.07) is 8.65. The molecule has 2 aliphatic heterocycles. The maximum absolute atomic E-state index is 12.5. The molecule has 0 unspecified atom stereocenters. The first-order valence-electron chi connectivity index (χ1n) is 11.6. The van der Waals surface area contributed by atoms with Crippen LogP contribution in [0, 0.1) is 0 Å². The summed E-state index contributed by atoms with van der Waals surface area (Å²) in [5.74, 6) is 0. The Bertz CT molecular complexity index is 1140. The lowest BCUT2D eigenvalue weighted by Gasteiger charge is -2.42. The van der Waals surface area contributed by atoms with Crippen molar-refractivity contribution in [1.29, 1.82) is 0 Å². The van der Waals surface area contributed by atoms with Gasteiger partial charge in [0, 0.05) is 56.2 Å². The molecule has 0 radical (unpaired) electrons. The molecule has 3 aromatic rings. The number of rotatable bonds is 4. The van der Waals surface area contributed by atoms with Crippen LogP contribution in [0.2, 0.25) is 0 Å². The van der Waals surface area contributed by atoms with Crippen LogP contribution in [0.1, 0.15) is 12.8 Å². The summed E-state index contributed by atoms with van der Waals surface area (Å²) in [6.45, 7) is 10.5. The molecule has 0 amide bonds. The van der Waals surface area contributed by atoms with Gasteiger partial charge < -0.3 is 14.4 Å². The predicted molar refractivity (Wildman–Crippen MR) is 132 cm³/mol. The number of hydrogen-bond donors (Lipinski definition) is 0. The first-order chi connectivity index (χ1) is 15.4. The zero-order chi connectivity index (χ0) is 22.3. The van der Waals surface area contributed by atoms with Crippen LogP contribution in [0.25, 0.3) is 16.8 Å². The van der Waals surface area contributed by atoms with Crippen molar-refractivity contribution in [3.63, 3.8) is 0 Å². The van der Waals surface area contributed by atoms with Gasteiger partial charge in [-0.05, 0) is 44.8 Å². The van der Waals surface area contributed by atoms with Crippen molar-refractivity contribution in [2.45, 2.75) is 18.9 Å². The van der Waals surface area contributed by atoms with E-state index in [1.54, 1.807) is 13.3 Å². The second-order valence-electron chi connectivity index (χ2n) is 9.60. The van der Waals surface area contributed by atoms with E-state index in [1.807, 2.05) is 41.2 Å². The fraction of sp³-hybridized carbons (Fsp3) is 0.500. The van der Waals surface area contributed by atoms with E-state index in [-0.39, 0.29) is 0 Å². The van der Waals surface area contributed by atoms with Crippen LogP contribution in [-0.4, -0.2) is 90.1 Å². The summed E-state index contributed by atoms with van der Waals surface area (Å²) >= 11 is 0. The Morgan fingerprint density at radius 3 is 2.47 bits per heavy atom. The third kappa shape index (κ3) is 4.34. The third-order valence-electron chi connectivity index (χ3n) is 7.01. The molecule has 2 fully saturated rings. The SMILES string of the molecule is CN1CCN(C2CCN(c3cnc4c(-c5cccc(P(C)(C)=O)c5)cnn4c3)CC2)CC1. The zero-order valence-electron chi connectivity index (χ0n) is 19.3. The van der Waals surface area contributed by atoms with Crippen LogP contribution >= 0.6 is 7.14 Å². The first-order valence-corrected chi connectivity index (χ1v) is 14.2. The van der Waals surface area contributed by atoms with Gasteiger partial charge in [-0.25, -0.2) is 9.50 Å². The fourth-order valence-corrected chi connectivity index (χ4v) is 5.81. The highest BCUT2D eigenvalue weighted by Gasteiger charge is 2.27. The monoisotopic (exact) mass is 452 g/mol. The largest absolute Gasteiger partial charge is 0.369 e. The Kier molecular flexibility index (Phi) is 5.82. The number of fused-ring (bicyclic) bond motifs is 1. The van der Waals surface area contributed by atoms with Crippen LogP contribution in [0.4, 0.5) is 5.69 Å². The summed E-state index contributed by atoms with van der Waals surface area (Å²) in [6.07, 6.45) is 8.34. The van der Waals surface area contributed by atoms with Crippen molar-refractivity contribution in [2.24, 2.45) is 0 Å². The van der Waals surface area contributed by atoms with Crippen LogP contribution < -0.4 is 10.2 Å².